The van der Waals surface area contributed by atoms with Gasteiger partial charge in [-0.2, -0.15) is 0 Å². The molecule has 1 N–H and O–H groups in total. The minimum Gasteiger partial charge on any atom is -0.354 e. The molecule has 0 aliphatic heterocycles. The van der Waals surface area contributed by atoms with Crippen molar-refractivity contribution in [2.75, 3.05) is 17.1 Å². The summed E-state index contributed by atoms with van der Waals surface area (Å²) in [6, 6.07) is 4.72. The Balaban J connectivity index is 3.13. The monoisotopic (exact) mass is 354 g/mol. The van der Waals surface area contributed by atoms with Crippen molar-refractivity contribution in [1.82, 2.24) is 5.32 Å². The number of carbonyl (C=O) groups is 1. The number of benzene rings is 1. The van der Waals surface area contributed by atoms with Crippen molar-refractivity contribution in [2.45, 2.75) is 53.5 Å². The van der Waals surface area contributed by atoms with Crippen molar-refractivity contribution in [3.05, 3.63) is 29.3 Å². The van der Waals surface area contributed by atoms with Crippen LogP contribution >= 0.6 is 0 Å². The fourth-order valence-corrected chi connectivity index (χ4v) is 3.73. The molecule has 1 rings (SSSR count). The number of aryl methyl sites for hydroxylation is 2. The van der Waals surface area contributed by atoms with E-state index in [1.54, 1.807) is 6.07 Å². The van der Waals surface area contributed by atoms with E-state index in [2.05, 4.69) is 19.2 Å². The van der Waals surface area contributed by atoms with Gasteiger partial charge in [0, 0.05) is 6.54 Å². The van der Waals surface area contributed by atoms with Crippen molar-refractivity contribution in [1.29, 1.82) is 0 Å². The lowest BCUT2D eigenvalue weighted by atomic mass is 10.1. The Morgan fingerprint density at radius 3 is 2.29 bits per heavy atom. The molecule has 1 aromatic rings. The highest BCUT2D eigenvalue weighted by Gasteiger charge is 2.31. The normalized spacial score (nSPS) is 13.0. The Bertz CT molecular complexity index is 669. The average Bonchev–Trinajstić information content (AvgIpc) is 2.45. The van der Waals surface area contributed by atoms with Crippen LogP contribution in [0.15, 0.2) is 18.2 Å². The van der Waals surface area contributed by atoms with Gasteiger partial charge in [0.1, 0.15) is 6.04 Å². The van der Waals surface area contributed by atoms with Gasteiger partial charge in [-0.1, -0.05) is 26.8 Å². The molecule has 6 heteroatoms. The molecule has 1 aromatic carbocycles. The largest absolute Gasteiger partial charge is 0.354 e. The second-order valence-corrected chi connectivity index (χ2v) is 8.58. The molecule has 0 saturated heterocycles. The number of nitrogens with zero attached hydrogens (tertiary/aromatic N) is 1. The highest BCUT2D eigenvalue weighted by Crippen LogP contribution is 2.25. The van der Waals surface area contributed by atoms with Crippen LogP contribution < -0.4 is 9.62 Å². The van der Waals surface area contributed by atoms with Crippen LogP contribution in [0.2, 0.25) is 0 Å². The highest BCUT2D eigenvalue weighted by molar-refractivity contribution is 7.92. The van der Waals surface area contributed by atoms with Gasteiger partial charge in [0.15, 0.2) is 0 Å². The maximum absolute atomic E-state index is 12.6. The molecule has 0 aliphatic rings. The summed E-state index contributed by atoms with van der Waals surface area (Å²) in [4.78, 5) is 12.6. The van der Waals surface area contributed by atoms with E-state index >= 15 is 0 Å². The van der Waals surface area contributed by atoms with E-state index in [0.717, 1.165) is 23.8 Å². The zero-order chi connectivity index (χ0) is 18.5. The van der Waals surface area contributed by atoms with Gasteiger partial charge >= 0.3 is 0 Å². The van der Waals surface area contributed by atoms with Gasteiger partial charge in [0.2, 0.25) is 15.9 Å². The van der Waals surface area contributed by atoms with Gasteiger partial charge in [-0.3, -0.25) is 9.10 Å². The fraction of sp³-hybridized carbons (Fsp3) is 0.611. The summed E-state index contributed by atoms with van der Waals surface area (Å²) in [7, 11) is -3.57. The quantitative estimate of drug-likeness (QED) is 0.780. The minimum atomic E-state index is -3.57. The number of carbonyl (C=O) groups excluding carboxylic acids is 1. The minimum absolute atomic E-state index is 0.248. The molecule has 1 atom stereocenters. The summed E-state index contributed by atoms with van der Waals surface area (Å²) >= 11 is 0. The van der Waals surface area contributed by atoms with Gasteiger partial charge in [-0.15, -0.1) is 0 Å². The van der Waals surface area contributed by atoms with Gasteiger partial charge in [-0.05, 0) is 55.9 Å². The first-order valence-electron chi connectivity index (χ1n) is 8.42. The van der Waals surface area contributed by atoms with E-state index in [0.29, 0.717) is 24.6 Å². The van der Waals surface area contributed by atoms with Crippen LogP contribution in [0.25, 0.3) is 0 Å². The molecule has 0 heterocycles. The molecular weight excluding hydrogens is 324 g/mol. The number of amides is 1. The number of anilines is 1. The van der Waals surface area contributed by atoms with E-state index in [1.165, 1.54) is 4.31 Å². The van der Waals surface area contributed by atoms with Crippen molar-refractivity contribution < 1.29 is 13.2 Å². The van der Waals surface area contributed by atoms with Crippen molar-refractivity contribution in [2.24, 2.45) is 5.92 Å². The molecular formula is C18H30N2O3S. The SMILES string of the molecule is CC[C@H](C(=O)NCCC(C)C)N(c1ccc(C)c(C)c1)S(C)(=O)=O. The van der Waals surface area contributed by atoms with E-state index in [4.69, 9.17) is 0 Å². The van der Waals surface area contributed by atoms with Crippen LogP contribution in [0.4, 0.5) is 5.69 Å². The molecule has 1 amide bonds. The third-order valence-corrected chi connectivity index (χ3v) is 5.28. The Labute approximate surface area is 146 Å². The summed E-state index contributed by atoms with van der Waals surface area (Å²) in [6.45, 7) is 10.5. The van der Waals surface area contributed by atoms with Crippen molar-refractivity contribution in [3.8, 4) is 0 Å². The summed E-state index contributed by atoms with van der Waals surface area (Å²) in [5.41, 5.74) is 2.62. The number of sulfonamides is 1. The molecule has 24 heavy (non-hydrogen) atoms. The van der Waals surface area contributed by atoms with Crippen molar-refractivity contribution in [3.63, 3.8) is 0 Å². The van der Waals surface area contributed by atoms with Gasteiger partial charge in [0.05, 0.1) is 11.9 Å². The lowest BCUT2D eigenvalue weighted by Crippen LogP contribution is -2.49. The lowest BCUT2D eigenvalue weighted by molar-refractivity contribution is -0.122. The molecule has 5 nitrogen and oxygen atoms in total. The van der Waals surface area contributed by atoms with Crippen LogP contribution in [0.3, 0.4) is 0 Å². The first-order chi connectivity index (χ1) is 11.1. The Morgan fingerprint density at radius 1 is 1.21 bits per heavy atom. The maximum atomic E-state index is 12.6. The molecule has 0 spiro atoms. The summed E-state index contributed by atoms with van der Waals surface area (Å²) in [5, 5.41) is 2.87. The predicted octanol–water partition coefficient (Wildman–Crippen LogP) is 3.01. The average molecular weight is 355 g/mol. The summed E-state index contributed by atoms with van der Waals surface area (Å²) < 4.78 is 26.0. The zero-order valence-electron chi connectivity index (χ0n) is 15.6. The number of hydrogen-bond acceptors (Lipinski definition) is 3. The molecule has 136 valence electrons. The molecule has 0 bridgehead atoms. The first kappa shape index (κ1) is 20.5. The van der Waals surface area contributed by atoms with Crippen molar-refractivity contribution >= 4 is 21.6 Å². The van der Waals surface area contributed by atoms with Crippen LogP contribution in [0.1, 0.15) is 44.7 Å². The Morgan fingerprint density at radius 2 is 1.83 bits per heavy atom. The van der Waals surface area contributed by atoms with Crippen LogP contribution in [0.5, 0.6) is 0 Å². The molecule has 0 unspecified atom stereocenters. The lowest BCUT2D eigenvalue weighted by Gasteiger charge is -2.30. The van der Waals surface area contributed by atoms with Gasteiger partial charge < -0.3 is 5.32 Å². The Kier molecular flexibility index (Phi) is 7.27. The standard InChI is InChI=1S/C18H30N2O3S/c1-7-17(18(21)19-11-10-13(2)3)20(24(6,22)23)16-9-8-14(4)15(5)12-16/h8-9,12-13,17H,7,10-11H2,1-6H3,(H,19,21)/t17-/m1/s1. The molecule has 0 fully saturated rings. The summed E-state index contributed by atoms with van der Waals surface area (Å²) in [5.74, 6) is 0.234. The molecule has 0 saturated carbocycles. The van der Waals surface area contributed by atoms with Gasteiger partial charge in [-0.25, -0.2) is 8.42 Å². The summed E-state index contributed by atoms with van der Waals surface area (Å²) in [6.07, 6.45) is 2.42. The molecule has 0 radical (unpaired) electrons. The Hall–Kier alpha value is -1.56. The zero-order valence-corrected chi connectivity index (χ0v) is 16.4. The highest BCUT2D eigenvalue weighted by atomic mass is 32.2. The molecule has 0 aromatic heterocycles. The van der Waals surface area contributed by atoms with Gasteiger partial charge in [0.25, 0.3) is 0 Å². The van der Waals surface area contributed by atoms with E-state index < -0.39 is 16.1 Å². The maximum Gasteiger partial charge on any atom is 0.243 e. The van der Waals surface area contributed by atoms with E-state index in [-0.39, 0.29) is 5.91 Å². The fourth-order valence-electron chi connectivity index (χ4n) is 2.52. The van der Waals surface area contributed by atoms with Crippen LogP contribution in [-0.4, -0.2) is 33.2 Å². The third kappa shape index (κ3) is 5.51. The first-order valence-corrected chi connectivity index (χ1v) is 10.3. The molecule has 0 aliphatic carbocycles. The van der Waals surface area contributed by atoms with Crippen LogP contribution in [-0.2, 0) is 14.8 Å². The topological polar surface area (TPSA) is 66.5 Å². The predicted molar refractivity (Wildman–Crippen MR) is 99.8 cm³/mol. The number of hydrogen-bond donors (Lipinski definition) is 1. The van der Waals surface area contributed by atoms with E-state index in [1.807, 2.05) is 32.9 Å². The second kappa shape index (κ2) is 8.51. The number of rotatable bonds is 8. The third-order valence-electron chi connectivity index (χ3n) is 4.10. The second-order valence-electron chi connectivity index (χ2n) is 6.72. The smallest absolute Gasteiger partial charge is 0.243 e. The van der Waals surface area contributed by atoms with Crippen LogP contribution in [0, 0.1) is 19.8 Å². The number of nitrogens with one attached hydrogen (secondary N) is 1. The van der Waals surface area contributed by atoms with E-state index in [9.17, 15) is 13.2 Å².